The van der Waals surface area contributed by atoms with Crippen molar-refractivity contribution in [3.8, 4) is 17.2 Å². The quantitative estimate of drug-likeness (QED) is 0.166. The first-order chi connectivity index (χ1) is 17.2. The molecule has 0 spiro atoms. The molecule has 1 aliphatic rings. The van der Waals surface area contributed by atoms with Crippen LogP contribution >= 0.6 is 11.6 Å². The Morgan fingerprint density at radius 2 is 1.47 bits per heavy atom. The van der Waals surface area contributed by atoms with Crippen LogP contribution < -0.4 is 19.1 Å². The number of aliphatic hydroxyl groups excluding tert-OH is 1. The third-order valence-corrected chi connectivity index (χ3v) is 6.01. The summed E-state index contributed by atoms with van der Waals surface area (Å²) >= 11 is 6.34. The first-order valence-corrected chi connectivity index (χ1v) is 11.2. The van der Waals surface area contributed by atoms with Crippen LogP contribution in [0.15, 0.2) is 72.3 Å². The van der Waals surface area contributed by atoms with E-state index >= 15 is 0 Å². The van der Waals surface area contributed by atoms with E-state index in [0.29, 0.717) is 28.5 Å². The van der Waals surface area contributed by atoms with Crippen molar-refractivity contribution in [2.45, 2.75) is 13.0 Å². The van der Waals surface area contributed by atoms with Crippen LogP contribution in [0, 0.1) is 0 Å². The van der Waals surface area contributed by atoms with Crippen molar-refractivity contribution in [3.05, 3.63) is 88.5 Å². The number of Topliss-reactive ketones (excluding diaryl/α,β-unsaturated/α-hetero) is 1. The molecular formula is C27H22ClNO7. The van der Waals surface area contributed by atoms with Gasteiger partial charge in [-0.3, -0.25) is 19.3 Å². The van der Waals surface area contributed by atoms with Crippen LogP contribution in [0.2, 0.25) is 5.02 Å². The summed E-state index contributed by atoms with van der Waals surface area (Å²) < 4.78 is 15.5. The Labute approximate surface area is 212 Å². The van der Waals surface area contributed by atoms with Crippen molar-refractivity contribution >= 4 is 40.7 Å². The Kier molecular flexibility index (Phi) is 6.98. The zero-order valence-corrected chi connectivity index (χ0v) is 20.4. The number of halogens is 1. The maximum Gasteiger partial charge on any atom is 0.308 e. The second kappa shape index (κ2) is 10.1. The highest BCUT2D eigenvalue weighted by Gasteiger charge is 2.47. The topological polar surface area (TPSA) is 102 Å². The standard InChI is InChI=1S/C27H22ClNO7/c1-15(30)36-19-8-4-16(5-9-19)24-23(25(31)21-14-20(35-3)12-13-22(21)28)26(32)27(33)29(24)17-6-10-18(34-2)11-7-17/h4-14,24,31H,1-3H3/b25-23+. The summed E-state index contributed by atoms with van der Waals surface area (Å²) in [5.74, 6) is -1.36. The molecule has 36 heavy (non-hydrogen) atoms. The van der Waals surface area contributed by atoms with Gasteiger partial charge in [0.05, 0.1) is 30.9 Å². The smallest absolute Gasteiger partial charge is 0.308 e. The molecule has 1 aliphatic heterocycles. The van der Waals surface area contributed by atoms with Gasteiger partial charge in [0, 0.05) is 18.2 Å². The molecule has 1 heterocycles. The summed E-state index contributed by atoms with van der Waals surface area (Å²) in [5, 5.41) is 11.5. The van der Waals surface area contributed by atoms with Crippen LogP contribution in [0.5, 0.6) is 17.2 Å². The van der Waals surface area contributed by atoms with Crippen LogP contribution in [0.3, 0.4) is 0 Å². The molecule has 0 aliphatic carbocycles. The van der Waals surface area contributed by atoms with Crippen molar-refractivity contribution < 1.29 is 33.7 Å². The van der Waals surface area contributed by atoms with E-state index < -0.39 is 29.5 Å². The predicted molar refractivity (Wildman–Crippen MR) is 134 cm³/mol. The lowest BCUT2D eigenvalue weighted by molar-refractivity contribution is -0.132. The Morgan fingerprint density at radius 1 is 0.889 bits per heavy atom. The maximum atomic E-state index is 13.3. The van der Waals surface area contributed by atoms with E-state index in [-0.39, 0.29) is 16.2 Å². The second-order valence-corrected chi connectivity index (χ2v) is 8.28. The summed E-state index contributed by atoms with van der Waals surface area (Å²) in [7, 11) is 2.98. The number of nitrogens with zero attached hydrogens (tertiary/aromatic N) is 1. The normalized spacial score (nSPS) is 16.7. The van der Waals surface area contributed by atoms with E-state index in [1.807, 2.05) is 0 Å². The SMILES string of the molecule is COc1ccc(N2C(=O)C(=O)/C(=C(/O)c3cc(OC)ccc3Cl)C2c2ccc(OC(C)=O)cc2)cc1. The van der Waals surface area contributed by atoms with E-state index in [0.717, 1.165) is 0 Å². The Bertz CT molecular complexity index is 1360. The van der Waals surface area contributed by atoms with Gasteiger partial charge in [-0.1, -0.05) is 23.7 Å². The molecule has 4 rings (SSSR count). The third-order valence-electron chi connectivity index (χ3n) is 5.68. The Morgan fingerprint density at radius 3 is 2.06 bits per heavy atom. The second-order valence-electron chi connectivity index (χ2n) is 7.88. The number of methoxy groups -OCH3 is 2. The number of amides is 1. The van der Waals surface area contributed by atoms with Crippen LogP contribution in [-0.2, 0) is 14.4 Å². The number of esters is 1. The average molecular weight is 508 g/mol. The Balaban J connectivity index is 1.92. The number of ether oxygens (including phenoxy) is 3. The number of hydrogen-bond acceptors (Lipinski definition) is 7. The van der Waals surface area contributed by atoms with Crippen molar-refractivity contribution in [1.82, 2.24) is 0 Å². The van der Waals surface area contributed by atoms with Gasteiger partial charge in [-0.25, -0.2) is 0 Å². The molecule has 0 bridgehead atoms. The van der Waals surface area contributed by atoms with E-state index in [2.05, 4.69) is 0 Å². The number of benzene rings is 3. The van der Waals surface area contributed by atoms with Crippen LogP contribution in [0.25, 0.3) is 5.76 Å². The molecule has 0 aromatic heterocycles. The van der Waals surface area contributed by atoms with Gasteiger partial charge in [0.2, 0.25) is 0 Å². The molecule has 1 atom stereocenters. The molecular weight excluding hydrogens is 486 g/mol. The lowest BCUT2D eigenvalue weighted by atomic mass is 9.95. The summed E-state index contributed by atoms with van der Waals surface area (Å²) in [4.78, 5) is 39.2. The molecule has 1 saturated heterocycles. The highest BCUT2D eigenvalue weighted by molar-refractivity contribution is 6.52. The van der Waals surface area contributed by atoms with Gasteiger partial charge in [0.15, 0.2) is 0 Å². The Hall–Kier alpha value is -4.30. The summed E-state index contributed by atoms with van der Waals surface area (Å²) in [5.41, 5.74) is 0.917. The van der Waals surface area contributed by atoms with Crippen LogP contribution in [0.1, 0.15) is 24.1 Å². The third kappa shape index (κ3) is 4.63. The fourth-order valence-corrected chi connectivity index (χ4v) is 4.21. The van der Waals surface area contributed by atoms with Crippen LogP contribution in [-0.4, -0.2) is 37.0 Å². The molecule has 8 nitrogen and oxygen atoms in total. The summed E-state index contributed by atoms with van der Waals surface area (Å²) in [6.45, 7) is 1.28. The number of carbonyl (C=O) groups is 3. The first kappa shape index (κ1) is 24.8. The van der Waals surface area contributed by atoms with Crippen molar-refractivity contribution in [2.24, 2.45) is 0 Å². The van der Waals surface area contributed by atoms with Crippen molar-refractivity contribution in [3.63, 3.8) is 0 Å². The number of rotatable bonds is 6. The van der Waals surface area contributed by atoms with Gasteiger partial charge in [0.25, 0.3) is 11.7 Å². The number of aliphatic hydroxyl groups is 1. The predicted octanol–water partition coefficient (Wildman–Crippen LogP) is 4.91. The van der Waals surface area contributed by atoms with Gasteiger partial charge in [-0.2, -0.15) is 0 Å². The highest BCUT2D eigenvalue weighted by atomic mass is 35.5. The summed E-state index contributed by atoms with van der Waals surface area (Å²) in [6.07, 6.45) is 0. The molecule has 1 fully saturated rings. The minimum Gasteiger partial charge on any atom is -0.507 e. The van der Waals surface area contributed by atoms with E-state index in [1.54, 1.807) is 54.6 Å². The molecule has 3 aromatic carbocycles. The molecule has 0 radical (unpaired) electrons. The number of ketones is 1. The molecule has 1 unspecified atom stereocenters. The summed E-state index contributed by atoms with van der Waals surface area (Å²) in [6, 6.07) is 16.6. The molecule has 1 amide bonds. The van der Waals surface area contributed by atoms with Gasteiger partial charge < -0.3 is 19.3 Å². The number of anilines is 1. The van der Waals surface area contributed by atoms with Gasteiger partial charge in [-0.15, -0.1) is 0 Å². The lowest BCUT2D eigenvalue weighted by Gasteiger charge is -2.25. The minimum absolute atomic E-state index is 0.144. The number of hydrogen-bond donors (Lipinski definition) is 1. The van der Waals surface area contributed by atoms with E-state index in [9.17, 15) is 19.5 Å². The highest BCUT2D eigenvalue weighted by Crippen LogP contribution is 2.44. The zero-order valence-electron chi connectivity index (χ0n) is 19.7. The maximum absolute atomic E-state index is 13.3. The van der Waals surface area contributed by atoms with Crippen molar-refractivity contribution in [2.75, 3.05) is 19.1 Å². The molecule has 184 valence electrons. The lowest BCUT2D eigenvalue weighted by Crippen LogP contribution is -2.29. The average Bonchev–Trinajstić information content (AvgIpc) is 3.14. The largest absolute Gasteiger partial charge is 0.507 e. The minimum atomic E-state index is -0.993. The monoisotopic (exact) mass is 507 g/mol. The van der Waals surface area contributed by atoms with Crippen LogP contribution in [0.4, 0.5) is 5.69 Å². The van der Waals surface area contributed by atoms with Gasteiger partial charge in [-0.05, 0) is 60.2 Å². The van der Waals surface area contributed by atoms with Crippen molar-refractivity contribution in [1.29, 1.82) is 0 Å². The molecule has 3 aromatic rings. The first-order valence-electron chi connectivity index (χ1n) is 10.8. The fourth-order valence-electron chi connectivity index (χ4n) is 4.00. The molecule has 9 heteroatoms. The van der Waals surface area contributed by atoms with Gasteiger partial charge >= 0.3 is 5.97 Å². The molecule has 0 saturated carbocycles. The van der Waals surface area contributed by atoms with E-state index in [1.165, 1.54) is 38.2 Å². The number of carbonyl (C=O) groups excluding carboxylic acids is 3. The zero-order chi connectivity index (χ0) is 26.0. The molecule has 1 N–H and O–H groups in total. The fraction of sp³-hybridized carbons (Fsp3) is 0.148. The van der Waals surface area contributed by atoms with E-state index in [4.69, 9.17) is 25.8 Å². The van der Waals surface area contributed by atoms with Gasteiger partial charge in [0.1, 0.15) is 23.0 Å².